The lowest BCUT2D eigenvalue weighted by molar-refractivity contribution is 0.115. The SMILES string of the molecule is CCOCC(C)n1nnnc1-c1ccc(F)cc1N. The summed E-state index contributed by atoms with van der Waals surface area (Å²) in [5.41, 5.74) is 6.71. The molecule has 0 saturated carbocycles. The number of benzene rings is 1. The van der Waals surface area contributed by atoms with Gasteiger partial charge in [0.15, 0.2) is 5.82 Å². The maximum Gasteiger partial charge on any atom is 0.184 e. The van der Waals surface area contributed by atoms with E-state index in [1.54, 1.807) is 10.7 Å². The number of hydrogen-bond donors (Lipinski definition) is 1. The molecule has 0 fully saturated rings. The Kier molecular flexibility index (Phi) is 4.06. The number of halogens is 1. The van der Waals surface area contributed by atoms with Crippen LogP contribution in [0.2, 0.25) is 0 Å². The Labute approximate surface area is 110 Å². The number of hydrogen-bond acceptors (Lipinski definition) is 5. The molecule has 0 aliphatic rings. The van der Waals surface area contributed by atoms with Gasteiger partial charge in [-0.2, -0.15) is 0 Å². The normalized spacial score (nSPS) is 12.6. The van der Waals surface area contributed by atoms with Crippen molar-refractivity contribution in [3.8, 4) is 11.4 Å². The maximum absolute atomic E-state index is 13.1. The van der Waals surface area contributed by atoms with Crippen LogP contribution in [0.4, 0.5) is 10.1 Å². The molecule has 0 spiro atoms. The van der Waals surface area contributed by atoms with Gasteiger partial charge in [-0.1, -0.05) is 0 Å². The molecule has 0 saturated heterocycles. The van der Waals surface area contributed by atoms with E-state index in [1.165, 1.54) is 12.1 Å². The smallest absolute Gasteiger partial charge is 0.184 e. The van der Waals surface area contributed by atoms with Gasteiger partial charge < -0.3 is 10.5 Å². The summed E-state index contributed by atoms with van der Waals surface area (Å²) in [4.78, 5) is 0. The molecule has 1 aromatic heterocycles. The summed E-state index contributed by atoms with van der Waals surface area (Å²) < 4.78 is 20.0. The number of rotatable bonds is 5. The third-order valence-corrected chi connectivity index (χ3v) is 2.73. The first kappa shape index (κ1) is 13.4. The molecule has 0 aliphatic heterocycles. The molecule has 1 heterocycles. The van der Waals surface area contributed by atoms with Crippen LogP contribution >= 0.6 is 0 Å². The van der Waals surface area contributed by atoms with Gasteiger partial charge in [0, 0.05) is 17.9 Å². The topological polar surface area (TPSA) is 78.8 Å². The fourth-order valence-electron chi connectivity index (χ4n) is 1.76. The number of ether oxygens (including phenoxy) is 1. The van der Waals surface area contributed by atoms with Gasteiger partial charge >= 0.3 is 0 Å². The van der Waals surface area contributed by atoms with E-state index in [-0.39, 0.29) is 11.9 Å². The highest BCUT2D eigenvalue weighted by Crippen LogP contribution is 2.25. The Balaban J connectivity index is 2.33. The first-order valence-electron chi connectivity index (χ1n) is 6.04. The predicted octanol–water partition coefficient (Wildman–Crippen LogP) is 1.66. The van der Waals surface area contributed by atoms with E-state index in [4.69, 9.17) is 10.5 Å². The summed E-state index contributed by atoms with van der Waals surface area (Å²) in [6, 6.07) is 4.12. The Bertz CT molecular complexity index is 557. The van der Waals surface area contributed by atoms with E-state index in [0.717, 1.165) is 0 Å². The van der Waals surface area contributed by atoms with Gasteiger partial charge in [-0.3, -0.25) is 0 Å². The number of nitrogens with zero attached hydrogens (tertiary/aromatic N) is 4. The average Bonchev–Trinajstić information content (AvgIpc) is 2.85. The number of nitrogens with two attached hydrogens (primary N) is 1. The zero-order chi connectivity index (χ0) is 13.8. The molecule has 7 heteroatoms. The fraction of sp³-hybridized carbons (Fsp3) is 0.417. The van der Waals surface area contributed by atoms with Gasteiger partial charge in [-0.05, 0) is 42.5 Å². The standard InChI is InChI=1S/C12H16FN5O/c1-3-19-7-8(2)18-12(15-16-17-18)10-5-4-9(13)6-11(10)14/h4-6,8H,3,7,14H2,1-2H3. The van der Waals surface area contributed by atoms with Gasteiger partial charge in [0.25, 0.3) is 0 Å². The van der Waals surface area contributed by atoms with Crippen LogP contribution in [0.5, 0.6) is 0 Å². The van der Waals surface area contributed by atoms with Crippen LogP contribution in [-0.2, 0) is 4.74 Å². The van der Waals surface area contributed by atoms with E-state index in [0.29, 0.717) is 30.3 Å². The molecule has 2 rings (SSSR count). The number of aromatic nitrogens is 4. The van der Waals surface area contributed by atoms with E-state index in [1.807, 2.05) is 13.8 Å². The second-order valence-electron chi connectivity index (χ2n) is 4.19. The second kappa shape index (κ2) is 5.75. The fourth-order valence-corrected chi connectivity index (χ4v) is 1.76. The van der Waals surface area contributed by atoms with Crippen LogP contribution in [0, 0.1) is 5.82 Å². The molecule has 1 atom stereocenters. The first-order valence-corrected chi connectivity index (χ1v) is 6.04. The van der Waals surface area contributed by atoms with Gasteiger partial charge in [-0.15, -0.1) is 5.10 Å². The zero-order valence-electron chi connectivity index (χ0n) is 10.9. The summed E-state index contributed by atoms with van der Waals surface area (Å²) >= 11 is 0. The van der Waals surface area contributed by atoms with Crippen molar-refractivity contribution in [3.05, 3.63) is 24.0 Å². The molecular weight excluding hydrogens is 249 g/mol. The first-order chi connectivity index (χ1) is 9.13. The number of tetrazole rings is 1. The summed E-state index contributed by atoms with van der Waals surface area (Å²) in [5, 5.41) is 11.5. The monoisotopic (exact) mass is 265 g/mol. The molecule has 1 unspecified atom stereocenters. The van der Waals surface area contributed by atoms with E-state index in [9.17, 15) is 4.39 Å². The van der Waals surface area contributed by atoms with Crippen LogP contribution in [0.25, 0.3) is 11.4 Å². The van der Waals surface area contributed by atoms with Crippen LogP contribution in [0.1, 0.15) is 19.9 Å². The van der Waals surface area contributed by atoms with Gasteiger partial charge in [-0.25, -0.2) is 9.07 Å². The molecule has 1 aromatic carbocycles. The minimum Gasteiger partial charge on any atom is -0.398 e. The van der Waals surface area contributed by atoms with Crippen LogP contribution in [0.15, 0.2) is 18.2 Å². The van der Waals surface area contributed by atoms with Crippen molar-refractivity contribution in [1.82, 2.24) is 20.2 Å². The van der Waals surface area contributed by atoms with Crippen molar-refractivity contribution in [2.24, 2.45) is 0 Å². The van der Waals surface area contributed by atoms with Crippen molar-refractivity contribution < 1.29 is 9.13 Å². The molecule has 6 nitrogen and oxygen atoms in total. The molecule has 0 bridgehead atoms. The molecular formula is C12H16FN5O. The summed E-state index contributed by atoms with van der Waals surface area (Å²) in [6.07, 6.45) is 0. The third-order valence-electron chi connectivity index (χ3n) is 2.73. The van der Waals surface area contributed by atoms with E-state index >= 15 is 0 Å². The van der Waals surface area contributed by atoms with Crippen LogP contribution in [0.3, 0.4) is 0 Å². The number of nitrogen functional groups attached to an aromatic ring is 1. The van der Waals surface area contributed by atoms with Gasteiger partial charge in [0.1, 0.15) is 5.82 Å². The highest BCUT2D eigenvalue weighted by atomic mass is 19.1. The zero-order valence-corrected chi connectivity index (χ0v) is 10.9. The predicted molar refractivity (Wildman–Crippen MR) is 68.8 cm³/mol. The highest BCUT2D eigenvalue weighted by Gasteiger charge is 2.16. The second-order valence-corrected chi connectivity index (χ2v) is 4.19. The largest absolute Gasteiger partial charge is 0.398 e. The van der Waals surface area contributed by atoms with Crippen molar-refractivity contribution in [3.63, 3.8) is 0 Å². The molecule has 0 amide bonds. The Morgan fingerprint density at radius 1 is 1.47 bits per heavy atom. The van der Waals surface area contributed by atoms with Crippen molar-refractivity contribution >= 4 is 5.69 Å². The Hall–Kier alpha value is -2.02. The lowest BCUT2D eigenvalue weighted by Gasteiger charge is -2.13. The maximum atomic E-state index is 13.1. The minimum atomic E-state index is -0.386. The highest BCUT2D eigenvalue weighted by molar-refractivity contribution is 5.71. The lowest BCUT2D eigenvalue weighted by atomic mass is 10.1. The van der Waals surface area contributed by atoms with Crippen molar-refractivity contribution in [2.45, 2.75) is 19.9 Å². The molecule has 0 aliphatic carbocycles. The lowest BCUT2D eigenvalue weighted by Crippen LogP contribution is -2.15. The molecule has 19 heavy (non-hydrogen) atoms. The van der Waals surface area contributed by atoms with Crippen LogP contribution < -0.4 is 5.73 Å². The van der Waals surface area contributed by atoms with Crippen molar-refractivity contribution in [2.75, 3.05) is 18.9 Å². The molecule has 102 valence electrons. The van der Waals surface area contributed by atoms with Gasteiger partial charge in [0.05, 0.1) is 12.6 Å². The summed E-state index contributed by atoms with van der Waals surface area (Å²) in [6.45, 7) is 4.98. The van der Waals surface area contributed by atoms with Crippen LogP contribution in [-0.4, -0.2) is 33.4 Å². The summed E-state index contributed by atoms with van der Waals surface area (Å²) in [7, 11) is 0. The number of anilines is 1. The van der Waals surface area contributed by atoms with Crippen molar-refractivity contribution in [1.29, 1.82) is 0 Å². The Morgan fingerprint density at radius 3 is 2.95 bits per heavy atom. The van der Waals surface area contributed by atoms with E-state index in [2.05, 4.69) is 15.5 Å². The average molecular weight is 265 g/mol. The summed E-state index contributed by atoms with van der Waals surface area (Å²) in [5.74, 6) is 0.118. The minimum absolute atomic E-state index is 0.0330. The van der Waals surface area contributed by atoms with E-state index < -0.39 is 0 Å². The molecule has 2 aromatic rings. The van der Waals surface area contributed by atoms with Gasteiger partial charge in [0.2, 0.25) is 0 Å². The third kappa shape index (κ3) is 2.87. The quantitative estimate of drug-likeness (QED) is 0.832. The Morgan fingerprint density at radius 2 is 2.26 bits per heavy atom. The molecule has 0 radical (unpaired) electrons. The molecule has 2 N–H and O–H groups in total.